The number of carbonyl (C=O) groups is 1. The van der Waals surface area contributed by atoms with Crippen LogP contribution in [0.15, 0.2) is 61.6 Å². The van der Waals surface area contributed by atoms with Crippen LogP contribution in [0.5, 0.6) is 5.75 Å². The average molecular weight is 487 g/mol. The Morgan fingerprint density at radius 1 is 1.19 bits per heavy atom. The van der Waals surface area contributed by atoms with Crippen LogP contribution in [0.1, 0.15) is 5.56 Å². The minimum Gasteiger partial charge on any atom is -0.483 e. The van der Waals surface area contributed by atoms with Gasteiger partial charge in [-0.1, -0.05) is 12.1 Å². The van der Waals surface area contributed by atoms with Crippen LogP contribution < -0.4 is 16.0 Å². The van der Waals surface area contributed by atoms with Crippen molar-refractivity contribution in [1.82, 2.24) is 14.6 Å². The third kappa shape index (κ3) is 4.75. The topological polar surface area (TPSA) is 106 Å². The summed E-state index contributed by atoms with van der Waals surface area (Å²) in [7, 11) is 0. The molecule has 0 radical (unpaired) electrons. The van der Waals surface area contributed by atoms with Crippen molar-refractivity contribution in [3.63, 3.8) is 0 Å². The number of nitrogens with zero attached hydrogens (tertiary/aromatic N) is 3. The normalized spacial score (nSPS) is 14.3. The molecule has 10 heteroatoms. The van der Waals surface area contributed by atoms with Crippen LogP contribution >= 0.6 is 15.9 Å². The van der Waals surface area contributed by atoms with Gasteiger partial charge in [-0.2, -0.15) is 5.10 Å². The molecule has 1 saturated heterocycles. The molecule has 1 aliphatic heterocycles. The Balaban J connectivity index is 1.48. The standard InChI is InChI=1S/C21H19BrN4O5/c22-16-11-14(5-6-18(16)31-13-19(27)25-7-9-30-10-8-25)12-23-26-20(28)15-3-1-2-4-17(15)24-21(26)29/h1-6,11-12H,7-10,13H2,(H,24,29). The molecule has 1 aromatic heterocycles. The molecule has 3 aromatic rings. The molecule has 0 saturated carbocycles. The van der Waals surface area contributed by atoms with Crippen molar-refractivity contribution in [3.8, 4) is 5.75 Å². The second-order valence-electron chi connectivity index (χ2n) is 6.81. The van der Waals surface area contributed by atoms with Crippen LogP contribution in [-0.4, -0.2) is 59.6 Å². The van der Waals surface area contributed by atoms with Crippen LogP contribution in [0.4, 0.5) is 0 Å². The molecule has 0 bridgehead atoms. The van der Waals surface area contributed by atoms with Gasteiger partial charge >= 0.3 is 5.69 Å². The van der Waals surface area contributed by atoms with E-state index in [2.05, 4.69) is 26.0 Å². The van der Waals surface area contributed by atoms with E-state index >= 15 is 0 Å². The van der Waals surface area contributed by atoms with Crippen molar-refractivity contribution < 1.29 is 14.3 Å². The van der Waals surface area contributed by atoms with Crippen LogP contribution in [-0.2, 0) is 9.53 Å². The number of halogens is 1. The molecular weight excluding hydrogens is 468 g/mol. The summed E-state index contributed by atoms with van der Waals surface area (Å²) in [5, 5.41) is 4.40. The molecule has 1 amide bonds. The lowest BCUT2D eigenvalue weighted by atomic mass is 10.2. The minimum atomic E-state index is -0.624. The van der Waals surface area contributed by atoms with Crippen molar-refractivity contribution in [2.75, 3.05) is 32.9 Å². The molecule has 160 valence electrons. The monoisotopic (exact) mass is 486 g/mol. The Hall–Kier alpha value is -3.24. The van der Waals surface area contributed by atoms with E-state index in [4.69, 9.17) is 9.47 Å². The zero-order valence-electron chi connectivity index (χ0n) is 16.4. The van der Waals surface area contributed by atoms with E-state index in [1.165, 1.54) is 6.21 Å². The van der Waals surface area contributed by atoms with Gasteiger partial charge in [-0.05, 0) is 51.8 Å². The molecule has 2 aromatic carbocycles. The molecule has 1 fully saturated rings. The van der Waals surface area contributed by atoms with Gasteiger partial charge in [-0.3, -0.25) is 9.59 Å². The quantitative estimate of drug-likeness (QED) is 0.551. The summed E-state index contributed by atoms with van der Waals surface area (Å²) in [5.41, 5.74) is -0.0325. The van der Waals surface area contributed by atoms with Crippen LogP contribution in [0.3, 0.4) is 0 Å². The number of amides is 1. The number of aromatic amines is 1. The Bertz CT molecular complexity index is 1260. The number of ether oxygens (including phenoxy) is 2. The van der Waals surface area contributed by atoms with E-state index in [0.29, 0.717) is 53.0 Å². The minimum absolute atomic E-state index is 0.0755. The summed E-state index contributed by atoms with van der Waals surface area (Å²) >= 11 is 3.41. The lowest BCUT2D eigenvalue weighted by Crippen LogP contribution is -2.43. The predicted octanol–water partition coefficient (Wildman–Crippen LogP) is 1.57. The number of morpholine rings is 1. The molecular formula is C21H19BrN4O5. The Morgan fingerprint density at radius 3 is 2.74 bits per heavy atom. The van der Waals surface area contributed by atoms with Crippen molar-refractivity contribution in [3.05, 3.63) is 73.3 Å². The highest BCUT2D eigenvalue weighted by Crippen LogP contribution is 2.25. The zero-order chi connectivity index (χ0) is 21.8. The smallest absolute Gasteiger partial charge is 0.349 e. The third-order valence-corrected chi connectivity index (χ3v) is 5.40. The molecule has 1 aliphatic rings. The molecule has 0 unspecified atom stereocenters. The van der Waals surface area contributed by atoms with Gasteiger partial charge in [0, 0.05) is 13.1 Å². The summed E-state index contributed by atoms with van der Waals surface area (Å²) in [6.45, 7) is 2.12. The number of aromatic nitrogens is 2. The highest BCUT2D eigenvalue weighted by atomic mass is 79.9. The van der Waals surface area contributed by atoms with E-state index in [0.717, 1.165) is 4.68 Å². The highest BCUT2D eigenvalue weighted by molar-refractivity contribution is 9.10. The summed E-state index contributed by atoms with van der Waals surface area (Å²) in [6.07, 6.45) is 1.40. The van der Waals surface area contributed by atoms with Crippen LogP contribution in [0, 0.1) is 0 Å². The first kappa shape index (κ1) is 21.0. The number of rotatable bonds is 5. The molecule has 2 heterocycles. The number of fused-ring (bicyclic) bond motifs is 1. The number of H-pyrrole nitrogens is 1. The van der Waals surface area contributed by atoms with Crippen LogP contribution in [0.25, 0.3) is 10.9 Å². The summed E-state index contributed by atoms with van der Waals surface area (Å²) in [6, 6.07) is 11.9. The van der Waals surface area contributed by atoms with E-state index in [9.17, 15) is 14.4 Å². The molecule has 0 aliphatic carbocycles. The Morgan fingerprint density at radius 2 is 1.97 bits per heavy atom. The van der Waals surface area contributed by atoms with Gasteiger partial charge in [0.2, 0.25) is 0 Å². The fourth-order valence-electron chi connectivity index (χ4n) is 3.14. The van der Waals surface area contributed by atoms with Crippen LogP contribution in [0.2, 0.25) is 0 Å². The predicted molar refractivity (Wildman–Crippen MR) is 119 cm³/mol. The maximum atomic E-state index is 12.5. The number of para-hydroxylation sites is 1. The largest absolute Gasteiger partial charge is 0.483 e. The third-order valence-electron chi connectivity index (χ3n) is 4.78. The lowest BCUT2D eigenvalue weighted by Gasteiger charge is -2.26. The number of nitrogens with one attached hydrogen (secondary N) is 1. The number of benzene rings is 2. The fraction of sp³-hybridized carbons (Fsp3) is 0.238. The second-order valence-corrected chi connectivity index (χ2v) is 7.66. The second kappa shape index (κ2) is 9.27. The van der Waals surface area contributed by atoms with Gasteiger partial charge in [0.1, 0.15) is 5.75 Å². The summed E-state index contributed by atoms with van der Waals surface area (Å²) in [4.78, 5) is 41.3. The fourth-order valence-corrected chi connectivity index (χ4v) is 3.65. The molecule has 0 atom stereocenters. The van der Waals surface area contributed by atoms with E-state index < -0.39 is 11.2 Å². The van der Waals surface area contributed by atoms with E-state index in [1.54, 1.807) is 47.4 Å². The van der Waals surface area contributed by atoms with Gasteiger partial charge < -0.3 is 19.4 Å². The highest BCUT2D eigenvalue weighted by Gasteiger charge is 2.17. The molecule has 0 spiro atoms. The maximum absolute atomic E-state index is 12.5. The summed E-state index contributed by atoms with van der Waals surface area (Å²) in [5.74, 6) is 0.398. The van der Waals surface area contributed by atoms with Crippen molar-refractivity contribution in [2.24, 2.45) is 5.10 Å². The number of carbonyl (C=O) groups excluding carboxylic acids is 1. The van der Waals surface area contributed by atoms with E-state index in [-0.39, 0.29) is 12.5 Å². The van der Waals surface area contributed by atoms with Gasteiger partial charge in [0.15, 0.2) is 6.61 Å². The Labute approximate surface area is 185 Å². The van der Waals surface area contributed by atoms with Gasteiger partial charge in [0.25, 0.3) is 11.5 Å². The average Bonchev–Trinajstić information content (AvgIpc) is 2.78. The Kier molecular flexibility index (Phi) is 6.28. The van der Waals surface area contributed by atoms with Crippen molar-refractivity contribution in [1.29, 1.82) is 0 Å². The first-order chi connectivity index (χ1) is 15.0. The molecule has 9 nitrogen and oxygen atoms in total. The SMILES string of the molecule is O=C(COc1ccc(C=Nn2c(=O)[nH]c3ccccc3c2=O)cc1Br)N1CCOCC1. The molecule has 1 N–H and O–H groups in total. The first-order valence-electron chi connectivity index (χ1n) is 9.59. The maximum Gasteiger partial charge on any atom is 0.349 e. The molecule has 31 heavy (non-hydrogen) atoms. The molecule has 4 rings (SSSR count). The first-order valence-corrected chi connectivity index (χ1v) is 10.4. The zero-order valence-corrected chi connectivity index (χ0v) is 18.0. The number of hydrogen-bond acceptors (Lipinski definition) is 6. The van der Waals surface area contributed by atoms with Gasteiger partial charge in [-0.15, -0.1) is 4.68 Å². The van der Waals surface area contributed by atoms with Crippen molar-refractivity contribution >= 4 is 39.0 Å². The van der Waals surface area contributed by atoms with Gasteiger partial charge in [-0.25, -0.2) is 4.79 Å². The summed E-state index contributed by atoms with van der Waals surface area (Å²) < 4.78 is 12.3. The van der Waals surface area contributed by atoms with E-state index in [1.807, 2.05) is 0 Å². The van der Waals surface area contributed by atoms with Crippen molar-refractivity contribution in [2.45, 2.75) is 0 Å². The number of hydrogen-bond donors (Lipinski definition) is 1. The van der Waals surface area contributed by atoms with Gasteiger partial charge in [0.05, 0.1) is 34.8 Å². The lowest BCUT2D eigenvalue weighted by molar-refractivity contribution is -0.137.